The molecule has 168 valence electrons. The maximum absolute atomic E-state index is 12.8. The van der Waals surface area contributed by atoms with Gasteiger partial charge in [-0.15, -0.1) is 0 Å². The van der Waals surface area contributed by atoms with Crippen LogP contribution in [0.3, 0.4) is 0 Å². The number of carbonyl (C=O) groups excluding carboxylic acids is 1. The van der Waals surface area contributed by atoms with Crippen LogP contribution in [0.15, 0.2) is 36.5 Å². The van der Waals surface area contributed by atoms with Crippen LogP contribution in [0, 0.1) is 5.92 Å². The number of hydrogen-bond acceptors (Lipinski definition) is 4. The molecule has 3 rings (SSSR count). The van der Waals surface area contributed by atoms with Crippen LogP contribution in [0.2, 0.25) is 5.02 Å². The molecule has 0 aliphatic carbocycles. The van der Waals surface area contributed by atoms with E-state index in [0.29, 0.717) is 31.5 Å². The summed E-state index contributed by atoms with van der Waals surface area (Å²) in [5.74, 6) is -0.326. The number of anilines is 1. The Morgan fingerprint density at radius 2 is 1.94 bits per heavy atom. The van der Waals surface area contributed by atoms with E-state index in [1.807, 2.05) is 0 Å². The zero-order chi connectivity index (χ0) is 22.6. The van der Waals surface area contributed by atoms with Gasteiger partial charge in [0, 0.05) is 37.3 Å². The van der Waals surface area contributed by atoms with Crippen molar-refractivity contribution in [2.45, 2.75) is 32.2 Å². The highest BCUT2D eigenvalue weighted by Gasteiger charge is 2.33. The molecule has 2 heterocycles. The molecule has 0 spiro atoms. The first-order valence-corrected chi connectivity index (χ1v) is 9.81. The van der Waals surface area contributed by atoms with Crippen molar-refractivity contribution >= 4 is 23.3 Å². The highest BCUT2D eigenvalue weighted by Crippen LogP contribution is 2.34. The fourth-order valence-electron chi connectivity index (χ4n) is 3.36. The number of nitrogens with one attached hydrogen (secondary N) is 1. The van der Waals surface area contributed by atoms with Gasteiger partial charge in [-0.05, 0) is 25.0 Å². The SMILES string of the molecule is O=C(NCc1ccccc1OC(F)F)C1CCN(c2ncc(C(F)(F)F)cc2Cl)CC1. The van der Waals surface area contributed by atoms with Gasteiger partial charge in [-0.25, -0.2) is 4.98 Å². The highest BCUT2D eigenvalue weighted by molar-refractivity contribution is 6.33. The number of hydrogen-bond donors (Lipinski definition) is 1. The van der Waals surface area contributed by atoms with Crippen LogP contribution in [0.4, 0.5) is 27.8 Å². The first kappa shape index (κ1) is 23.1. The second kappa shape index (κ2) is 9.67. The van der Waals surface area contributed by atoms with E-state index in [0.717, 1.165) is 12.3 Å². The number of carbonyl (C=O) groups is 1. The molecule has 0 atom stereocenters. The molecular weight excluding hydrogens is 445 g/mol. The zero-order valence-electron chi connectivity index (χ0n) is 16.1. The summed E-state index contributed by atoms with van der Waals surface area (Å²) in [7, 11) is 0. The zero-order valence-corrected chi connectivity index (χ0v) is 16.9. The van der Waals surface area contributed by atoms with E-state index >= 15 is 0 Å². The van der Waals surface area contributed by atoms with Gasteiger partial charge in [0.05, 0.1) is 10.6 Å². The first-order chi connectivity index (χ1) is 14.6. The number of pyridine rings is 1. The average molecular weight is 464 g/mol. The van der Waals surface area contributed by atoms with E-state index in [-0.39, 0.29) is 35.0 Å². The number of benzene rings is 1. The van der Waals surface area contributed by atoms with Gasteiger partial charge in [-0.1, -0.05) is 29.8 Å². The Labute approximate surface area is 180 Å². The Hall–Kier alpha value is -2.62. The molecule has 1 amide bonds. The Bertz CT molecular complexity index is 918. The summed E-state index contributed by atoms with van der Waals surface area (Å²) >= 11 is 5.99. The van der Waals surface area contributed by atoms with Crippen LogP contribution in [-0.4, -0.2) is 30.6 Å². The second-order valence-electron chi connectivity index (χ2n) is 6.99. The molecule has 0 bridgehead atoms. The van der Waals surface area contributed by atoms with Gasteiger partial charge in [0.2, 0.25) is 5.91 Å². The third-order valence-electron chi connectivity index (χ3n) is 4.96. The van der Waals surface area contributed by atoms with Crippen molar-refractivity contribution in [1.82, 2.24) is 10.3 Å². The lowest BCUT2D eigenvalue weighted by molar-refractivity contribution is -0.137. The topological polar surface area (TPSA) is 54.5 Å². The molecule has 11 heteroatoms. The summed E-state index contributed by atoms with van der Waals surface area (Å²) in [4.78, 5) is 18.1. The van der Waals surface area contributed by atoms with Gasteiger partial charge < -0.3 is 15.0 Å². The largest absolute Gasteiger partial charge is 0.434 e. The van der Waals surface area contributed by atoms with Crippen LogP contribution < -0.4 is 15.0 Å². The lowest BCUT2D eigenvalue weighted by Crippen LogP contribution is -2.40. The Morgan fingerprint density at radius 1 is 1.26 bits per heavy atom. The molecule has 1 N–H and O–H groups in total. The molecule has 1 aliphatic heterocycles. The smallest absolute Gasteiger partial charge is 0.417 e. The molecule has 1 saturated heterocycles. The Balaban J connectivity index is 1.55. The number of amides is 1. The number of alkyl halides is 5. The summed E-state index contributed by atoms with van der Waals surface area (Å²) in [5.41, 5.74) is -0.499. The minimum Gasteiger partial charge on any atom is -0.434 e. The summed E-state index contributed by atoms with van der Waals surface area (Å²) in [6.07, 6.45) is -2.90. The van der Waals surface area contributed by atoms with Crippen LogP contribution in [0.1, 0.15) is 24.0 Å². The molecule has 1 aromatic heterocycles. The van der Waals surface area contributed by atoms with Gasteiger partial charge in [-0.2, -0.15) is 22.0 Å². The molecule has 1 aromatic carbocycles. The number of ether oxygens (including phenoxy) is 1. The minimum atomic E-state index is -4.53. The van der Waals surface area contributed by atoms with Crippen molar-refractivity contribution in [3.63, 3.8) is 0 Å². The predicted molar refractivity (Wildman–Crippen MR) is 104 cm³/mol. The third-order valence-corrected chi connectivity index (χ3v) is 5.23. The Kier molecular flexibility index (Phi) is 7.19. The van der Waals surface area contributed by atoms with Crippen LogP contribution >= 0.6 is 11.6 Å². The molecule has 0 saturated carbocycles. The lowest BCUT2D eigenvalue weighted by Gasteiger charge is -2.32. The Morgan fingerprint density at radius 3 is 2.55 bits per heavy atom. The maximum Gasteiger partial charge on any atom is 0.417 e. The summed E-state index contributed by atoms with van der Waals surface area (Å²) < 4.78 is 67.7. The van der Waals surface area contributed by atoms with E-state index in [4.69, 9.17) is 11.6 Å². The molecule has 31 heavy (non-hydrogen) atoms. The van der Waals surface area contributed by atoms with Gasteiger partial charge in [-0.3, -0.25) is 4.79 Å². The van der Waals surface area contributed by atoms with Gasteiger partial charge >= 0.3 is 12.8 Å². The summed E-state index contributed by atoms with van der Waals surface area (Å²) in [6.45, 7) is -2.15. The van der Waals surface area contributed by atoms with Crippen molar-refractivity contribution in [1.29, 1.82) is 0 Å². The molecule has 2 aromatic rings. The minimum absolute atomic E-state index is 0.00404. The number of halogens is 6. The van der Waals surface area contributed by atoms with Crippen molar-refractivity contribution < 1.29 is 31.5 Å². The van der Waals surface area contributed by atoms with Crippen molar-refractivity contribution in [3.8, 4) is 5.75 Å². The van der Waals surface area contributed by atoms with Crippen LogP contribution in [-0.2, 0) is 17.5 Å². The molecular formula is C20H19ClF5N3O2. The first-order valence-electron chi connectivity index (χ1n) is 9.43. The molecule has 0 unspecified atom stereocenters. The molecule has 0 radical (unpaired) electrons. The van der Waals surface area contributed by atoms with Crippen LogP contribution in [0.25, 0.3) is 0 Å². The highest BCUT2D eigenvalue weighted by atomic mass is 35.5. The standard InChI is InChI=1S/C20H19ClF5N3O2/c21-15-9-14(20(24,25)26)11-27-17(15)29-7-5-12(6-8-29)18(30)28-10-13-3-1-2-4-16(13)31-19(22)23/h1-4,9,11-12,19H,5-8,10H2,(H,28,30). The quantitative estimate of drug-likeness (QED) is 0.620. The maximum atomic E-state index is 12.8. The van der Waals surface area contributed by atoms with E-state index < -0.39 is 18.4 Å². The summed E-state index contributed by atoms with van der Waals surface area (Å²) in [5, 5.41) is 2.62. The lowest BCUT2D eigenvalue weighted by atomic mass is 9.95. The van der Waals surface area contributed by atoms with Gasteiger partial charge in [0.15, 0.2) is 0 Å². The number of aromatic nitrogens is 1. The van der Waals surface area contributed by atoms with E-state index in [2.05, 4.69) is 15.0 Å². The number of para-hydroxylation sites is 1. The van der Waals surface area contributed by atoms with E-state index in [9.17, 15) is 26.7 Å². The van der Waals surface area contributed by atoms with Crippen molar-refractivity contribution in [3.05, 3.63) is 52.7 Å². The third kappa shape index (κ3) is 5.96. The van der Waals surface area contributed by atoms with E-state index in [1.165, 1.54) is 6.07 Å². The number of piperidine rings is 1. The second-order valence-corrected chi connectivity index (χ2v) is 7.40. The monoisotopic (exact) mass is 463 g/mol. The van der Waals surface area contributed by atoms with Crippen molar-refractivity contribution in [2.75, 3.05) is 18.0 Å². The average Bonchev–Trinajstić information content (AvgIpc) is 2.72. The van der Waals surface area contributed by atoms with Gasteiger partial charge in [0.1, 0.15) is 11.6 Å². The fraction of sp³-hybridized carbons (Fsp3) is 0.400. The normalized spacial score (nSPS) is 15.3. The fourth-order valence-corrected chi connectivity index (χ4v) is 3.65. The molecule has 1 fully saturated rings. The number of nitrogens with zero attached hydrogens (tertiary/aromatic N) is 2. The molecule has 1 aliphatic rings. The predicted octanol–water partition coefficient (Wildman–Crippen LogP) is 4.89. The van der Waals surface area contributed by atoms with Gasteiger partial charge in [0.25, 0.3) is 0 Å². The number of rotatable bonds is 6. The van der Waals surface area contributed by atoms with Crippen LogP contribution in [0.5, 0.6) is 5.75 Å². The van der Waals surface area contributed by atoms with E-state index in [1.54, 1.807) is 23.1 Å². The van der Waals surface area contributed by atoms with Crippen molar-refractivity contribution in [2.24, 2.45) is 5.92 Å². The molecule has 5 nitrogen and oxygen atoms in total. The summed E-state index contributed by atoms with van der Waals surface area (Å²) in [6, 6.07) is 7.02.